The minimum atomic E-state index is 0.837. The highest BCUT2D eigenvalue weighted by atomic mass is 14.8. The molecule has 0 fully saturated rings. The van der Waals surface area contributed by atoms with Gasteiger partial charge in [0.15, 0.2) is 0 Å². The fourth-order valence-corrected chi connectivity index (χ4v) is 5.84. The van der Waals surface area contributed by atoms with Crippen molar-refractivity contribution in [2.75, 3.05) is 0 Å². The second kappa shape index (κ2) is 10.2. The lowest BCUT2D eigenvalue weighted by atomic mass is 9.84. The summed E-state index contributed by atoms with van der Waals surface area (Å²) in [7, 11) is 0. The predicted molar refractivity (Wildman–Crippen MR) is 174 cm³/mol. The quantitative estimate of drug-likeness (QED) is 0.170. The highest BCUT2D eigenvalue weighted by Crippen LogP contribution is 2.43. The molecule has 41 heavy (non-hydrogen) atoms. The van der Waals surface area contributed by atoms with Gasteiger partial charge in [-0.2, -0.15) is 0 Å². The normalized spacial score (nSPS) is 11.4. The van der Waals surface area contributed by atoms with Crippen LogP contribution in [0.2, 0.25) is 0 Å². The van der Waals surface area contributed by atoms with Crippen molar-refractivity contribution < 1.29 is 0 Å². The second-order valence-electron chi connectivity index (χ2n) is 10.1. The zero-order chi connectivity index (χ0) is 27.8. The maximum absolute atomic E-state index is 6.34. The molecule has 0 saturated carbocycles. The van der Waals surface area contributed by atoms with Crippen LogP contribution in [0.4, 0.5) is 0 Å². The van der Waals surface area contributed by atoms with Crippen molar-refractivity contribution >= 4 is 38.7 Å². The maximum Gasteiger partial charge on any atom is 0.0972 e. The van der Waals surface area contributed by atoms with Gasteiger partial charge in [-0.3, -0.25) is 4.98 Å². The van der Waals surface area contributed by atoms with Crippen LogP contribution in [0.3, 0.4) is 0 Å². The lowest BCUT2D eigenvalue weighted by molar-refractivity contribution is 1.37. The Kier molecular flexibility index (Phi) is 6.11. The molecule has 0 unspecified atom stereocenters. The molecule has 5 aromatic carbocycles. The summed E-state index contributed by atoms with van der Waals surface area (Å²) in [5.74, 6) is 3.07. The molecule has 2 nitrogen and oxygen atoms in total. The SMILES string of the molecule is C#Cc1c(/C=C\C)c(-c2ccc(-c3ccccc3)cc2)c2ccccc2c1-c1ccc2ccc3cccnc3c2n1. The minimum Gasteiger partial charge on any atom is -0.254 e. The summed E-state index contributed by atoms with van der Waals surface area (Å²) < 4.78 is 0. The van der Waals surface area contributed by atoms with E-state index in [4.69, 9.17) is 11.4 Å². The topological polar surface area (TPSA) is 25.8 Å². The van der Waals surface area contributed by atoms with Gasteiger partial charge in [-0.1, -0.05) is 121 Å². The first-order valence-electron chi connectivity index (χ1n) is 13.8. The number of hydrogen-bond donors (Lipinski definition) is 0. The average molecular weight is 523 g/mol. The number of hydrogen-bond acceptors (Lipinski definition) is 2. The van der Waals surface area contributed by atoms with Crippen LogP contribution in [0, 0.1) is 12.3 Å². The second-order valence-corrected chi connectivity index (χ2v) is 10.1. The van der Waals surface area contributed by atoms with Crippen LogP contribution in [-0.2, 0) is 0 Å². The molecule has 0 spiro atoms. The van der Waals surface area contributed by atoms with E-state index in [9.17, 15) is 0 Å². The Morgan fingerprint density at radius 2 is 1.24 bits per heavy atom. The van der Waals surface area contributed by atoms with Crippen LogP contribution < -0.4 is 0 Å². The fraction of sp³-hybridized carbons (Fsp3) is 0.0256. The predicted octanol–water partition coefficient (Wildman–Crippen LogP) is 9.95. The average Bonchev–Trinajstić information content (AvgIpc) is 3.04. The van der Waals surface area contributed by atoms with Gasteiger partial charge in [0, 0.05) is 28.1 Å². The first-order valence-corrected chi connectivity index (χ1v) is 13.8. The number of aromatic nitrogens is 2. The molecule has 0 aliphatic carbocycles. The molecule has 0 saturated heterocycles. The minimum absolute atomic E-state index is 0.837. The van der Waals surface area contributed by atoms with Gasteiger partial charge < -0.3 is 0 Å². The van der Waals surface area contributed by atoms with Crippen LogP contribution in [0.5, 0.6) is 0 Å². The Bertz CT molecular complexity index is 2150. The molecular formula is C39H26N2. The number of rotatable bonds is 4. The van der Waals surface area contributed by atoms with Gasteiger partial charge in [-0.15, -0.1) is 6.42 Å². The van der Waals surface area contributed by atoms with E-state index in [1.54, 1.807) is 0 Å². The molecule has 0 bridgehead atoms. The van der Waals surface area contributed by atoms with Crippen LogP contribution in [0.1, 0.15) is 18.1 Å². The van der Waals surface area contributed by atoms with Gasteiger partial charge in [0.2, 0.25) is 0 Å². The first kappa shape index (κ1) is 24.5. The summed E-state index contributed by atoms with van der Waals surface area (Å²) in [6.07, 6.45) is 12.3. The number of fused-ring (bicyclic) bond motifs is 4. The van der Waals surface area contributed by atoms with Crippen LogP contribution in [0.15, 0.2) is 128 Å². The Labute approximate surface area is 239 Å². The molecule has 2 heteroatoms. The first-order chi connectivity index (χ1) is 20.3. The van der Waals surface area contributed by atoms with Crippen LogP contribution >= 0.6 is 0 Å². The zero-order valence-corrected chi connectivity index (χ0v) is 22.7. The highest BCUT2D eigenvalue weighted by Gasteiger charge is 2.20. The lowest BCUT2D eigenvalue weighted by Crippen LogP contribution is -1.98. The molecule has 0 atom stereocenters. The Balaban J connectivity index is 1.51. The monoisotopic (exact) mass is 522 g/mol. The standard InChI is InChI=1S/C39H26N2/c1-3-11-32-31(4-2)37(35-24-23-30-22-21-29-14-10-25-40-38(29)39(30)41-35)34-16-9-8-15-33(34)36(32)28-19-17-27(18-20-28)26-12-6-5-7-13-26/h2-3,5-25H,1H3/b11-3-. The number of benzene rings is 5. The van der Waals surface area contributed by atoms with Crippen molar-refractivity contribution in [3.05, 3.63) is 139 Å². The lowest BCUT2D eigenvalue weighted by Gasteiger charge is -2.19. The molecule has 7 aromatic rings. The van der Waals surface area contributed by atoms with Crippen molar-refractivity contribution in [2.45, 2.75) is 6.92 Å². The van der Waals surface area contributed by atoms with E-state index in [0.717, 1.165) is 66.1 Å². The van der Waals surface area contributed by atoms with Crippen molar-refractivity contribution in [3.63, 3.8) is 0 Å². The summed E-state index contributed by atoms with van der Waals surface area (Å²) in [6.45, 7) is 2.03. The van der Waals surface area contributed by atoms with E-state index in [1.165, 1.54) is 11.1 Å². The number of terminal acetylenes is 1. The van der Waals surface area contributed by atoms with E-state index in [0.29, 0.717) is 0 Å². The Hall–Kier alpha value is -5.52. The Morgan fingerprint density at radius 3 is 1.98 bits per heavy atom. The molecule has 2 aromatic heterocycles. The third-order valence-electron chi connectivity index (χ3n) is 7.70. The number of nitrogens with zero attached hydrogens (tertiary/aromatic N) is 2. The highest BCUT2D eigenvalue weighted by molar-refractivity contribution is 6.11. The van der Waals surface area contributed by atoms with Gasteiger partial charge in [0.25, 0.3) is 0 Å². The summed E-state index contributed by atoms with van der Waals surface area (Å²) in [4.78, 5) is 9.86. The summed E-state index contributed by atoms with van der Waals surface area (Å²) in [5.41, 5.74) is 10.1. The molecular weight excluding hydrogens is 496 g/mol. The molecule has 192 valence electrons. The van der Waals surface area contributed by atoms with Crippen LogP contribution in [0.25, 0.3) is 72.2 Å². The fourth-order valence-electron chi connectivity index (χ4n) is 5.84. The summed E-state index contributed by atoms with van der Waals surface area (Å²) in [5, 5.41) is 4.33. The molecule has 7 rings (SSSR count). The van der Waals surface area contributed by atoms with Gasteiger partial charge in [-0.25, -0.2) is 4.98 Å². The van der Waals surface area contributed by atoms with E-state index in [2.05, 4.69) is 126 Å². The Morgan fingerprint density at radius 1 is 0.610 bits per heavy atom. The largest absolute Gasteiger partial charge is 0.254 e. The van der Waals surface area contributed by atoms with E-state index >= 15 is 0 Å². The molecule has 0 aliphatic heterocycles. The summed E-state index contributed by atoms with van der Waals surface area (Å²) >= 11 is 0. The van der Waals surface area contributed by atoms with Crippen molar-refractivity contribution in [2.24, 2.45) is 0 Å². The van der Waals surface area contributed by atoms with Crippen molar-refractivity contribution in [1.82, 2.24) is 9.97 Å². The van der Waals surface area contributed by atoms with Crippen LogP contribution in [-0.4, -0.2) is 9.97 Å². The molecule has 0 radical (unpaired) electrons. The van der Waals surface area contributed by atoms with E-state index < -0.39 is 0 Å². The van der Waals surface area contributed by atoms with Gasteiger partial charge in [0.05, 0.1) is 16.7 Å². The molecule has 0 amide bonds. The third-order valence-corrected chi connectivity index (χ3v) is 7.70. The third kappa shape index (κ3) is 4.16. The van der Waals surface area contributed by atoms with Crippen molar-refractivity contribution in [1.29, 1.82) is 0 Å². The molecule has 2 heterocycles. The van der Waals surface area contributed by atoms with E-state index in [-0.39, 0.29) is 0 Å². The van der Waals surface area contributed by atoms with Crippen molar-refractivity contribution in [3.8, 4) is 45.9 Å². The number of pyridine rings is 2. The molecule has 0 N–H and O–H groups in total. The van der Waals surface area contributed by atoms with Gasteiger partial charge in [0.1, 0.15) is 0 Å². The number of allylic oxidation sites excluding steroid dienone is 1. The zero-order valence-electron chi connectivity index (χ0n) is 22.7. The maximum atomic E-state index is 6.34. The van der Waals surface area contributed by atoms with Gasteiger partial charge >= 0.3 is 0 Å². The molecule has 0 aliphatic rings. The summed E-state index contributed by atoms with van der Waals surface area (Å²) in [6, 6.07) is 40.1. The van der Waals surface area contributed by atoms with Gasteiger partial charge in [-0.05, 0) is 57.6 Å². The van der Waals surface area contributed by atoms with E-state index in [1.807, 2.05) is 25.3 Å². The smallest absolute Gasteiger partial charge is 0.0972 e.